The molecule has 0 saturated heterocycles. The SMILES string of the molecule is CCN(CC)CCN(CCC(N)=S)CC(C)C. The van der Waals surface area contributed by atoms with Crippen LogP contribution in [0.15, 0.2) is 0 Å². The summed E-state index contributed by atoms with van der Waals surface area (Å²) in [5.41, 5.74) is 5.57. The van der Waals surface area contributed by atoms with E-state index in [0.717, 1.165) is 45.7 Å². The maximum absolute atomic E-state index is 5.57. The molecule has 17 heavy (non-hydrogen) atoms. The molecule has 3 nitrogen and oxygen atoms in total. The van der Waals surface area contributed by atoms with Crippen molar-refractivity contribution >= 4 is 17.2 Å². The number of nitrogens with zero attached hydrogens (tertiary/aromatic N) is 2. The Morgan fingerprint density at radius 3 is 2.00 bits per heavy atom. The maximum Gasteiger partial charge on any atom is 0.0740 e. The Kier molecular flexibility index (Phi) is 9.69. The van der Waals surface area contributed by atoms with Crippen LogP contribution in [0.25, 0.3) is 0 Å². The monoisotopic (exact) mass is 259 g/mol. The Morgan fingerprint density at radius 2 is 1.59 bits per heavy atom. The summed E-state index contributed by atoms with van der Waals surface area (Å²) < 4.78 is 0. The van der Waals surface area contributed by atoms with Gasteiger partial charge in [-0.25, -0.2) is 0 Å². The molecule has 0 saturated carbocycles. The standard InChI is InChI=1S/C13H29N3S/c1-5-15(6-2)9-10-16(11-12(3)4)8-7-13(14)17/h12H,5-11H2,1-4H3,(H2,14,17). The van der Waals surface area contributed by atoms with Crippen LogP contribution in [0.1, 0.15) is 34.1 Å². The van der Waals surface area contributed by atoms with E-state index in [4.69, 9.17) is 18.0 Å². The molecule has 0 aromatic rings. The fraction of sp³-hybridized carbons (Fsp3) is 0.923. The normalized spacial score (nSPS) is 11.7. The van der Waals surface area contributed by atoms with Gasteiger partial charge in [0.25, 0.3) is 0 Å². The average Bonchev–Trinajstić information content (AvgIpc) is 2.26. The van der Waals surface area contributed by atoms with Gasteiger partial charge in [0.15, 0.2) is 0 Å². The molecule has 0 aliphatic heterocycles. The van der Waals surface area contributed by atoms with Gasteiger partial charge in [-0.15, -0.1) is 0 Å². The number of hydrogen-bond donors (Lipinski definition) is 1. The molecule has 0 bridgehead atoms. The molecule has 102 valence electrons. The van der Waals surface area contributed by atoms with Gasteiger partial charge >= 0.3 is 0 Å². The van der Waals surface area contributed by atoms with Gasteiger partial charge in [-0.2, -0.15) is 0 Å². The lowest BCUT2D eigenvalue weighted by atomic mass is 10.2. The Bertz CT molecular complexity index is 203. The van der Waals surface area contributed by atoms with Gasteiger partial charge in [-0.05, 0) is 19.0 Å². The van der Waals surface area contributed by atoms with Crippen molar-refractivity contribution in [3.8, 4) is 0 Å². The third-order valence-electron chi connectivity index (χ3n) is 2.92. The van der Waals surface area contributed by atoms with Crippen LogP contribution >= 0.6 is 12.2 Å². The van der Waals surface area contributed by atoms with Crippen LogP contribution in [0.4, 0.5) is 0 Å². The first-order valence-corrected chi connectivity index (χ1v) is 7.13. The molecular weight excluding hydrogens is 230 g/mol. The van der Waals surface area contributed by atoms with E-state index in [9.17, 15) is 0 Å². The van der Waals surface area contributed by atoms with Crippen LogP contribution in [0.2, 0.25) is 0 Å². The Labute approximate surface area is 112 Å². The number of hydrogen-bond acceptors (Lipinski definition) is 3. The lowest BCUT2D eigenvalue weighted by Crippen LogP contribution is -2.38. The van der Waals surface area contributed by atoms with E-state index >= 15 is 0 Å². The molecule has 0 unspecified atom stereocenters. The van der Waals surface area contributed by atoms with Crippen LogP contribution in [0.5, 0.6) is 0 Å². The first-order chi connectivity index (χ1) is 7.99. The summed E-state index contributed by atoms with van der Waals surface area (Å²) in [5.74, 6) is 0.693. The zero-order valence-corrected chi connectivity index (χ0v) is 12.7. The number of thiocarbonyl (C=S) groups is 1. The van der Waals surface area contributed by atoms with Gasteiger partial charge in [0.1, 0.15) is 0 Å². The molecule has 0 aromatic carbocycles. The minimum absolute atomic E-state index is 0.626. The van der Waals surface area contributed by atoms with Gasteiger partial charge in [0.2, 0.25) is 0 Å². The number of nitrogens with two attached hydrogens (primary N) is 1. The highest BCUT2D eigenvalue weighted by Crippen LogP contribution is 2.01. The van der Waals surface area contributed by atoms with E-state index in [-0.39, 0.29) is 0 Å². The Morgan fingerprint density at radius 1 is 1.06 bits per heavy atom. The molecule has 0 heterocycles. The van der Waals surface area contributed by atoms with Gasteiger partial charge in [0.05, 0.1) is 4.99 Å². The van der Waals surface area contributed by atoms with Crippen LogP contribution in [0.3, 0.4) is 0 Å². The molecule has 0 aromatic heterocycles. The van der Waals surface area contributed by atoms with E-state index < -0.39 is 0 Å². The van der Waals surface area contributed by atoms with E-state index in [2.05, 4.69) is 37.5 Å². The average molecular weight is 259 g/mol. The molecule has 0 atom stereocenters. The van der Waals surface area contributed by atoms with Crippen molar-refractivity contribution in [1.29, 1.82) is 0 Å². The Balaban J connectivity index is 4.03. The molecule has 0 amide bonds. The lowest BCUT2D eigenvalue weighted by Gasteiger charge is -2.27. The molecule has 0 spiro atoms. The number of rotatable bonds is 10. The van der Waals surface area contributed by atoms with Gasteiger partial charge in [0, 0.05) is 32.6 Å². The highest BCUT2D eigenvalue weighted by molar-refractivity contribution is 7.80. The summed E-state index contributed by atoms with van der Waals surface area (Å²) in [6.07, 6.45) is 0.834. The fourth-order valence-corrected chi connectivity index (χ4v) is 1.99. The highest BCUT2D eigenvalue weighted by Gasteiger charge is 2.09. The predicted octanol–water partition coefficient (Wildman–Crippen LogP) is 1.96. The van der Waals surface area contributed by atoms with Crippen molar-refractivity contribution in [2.75, 3.05) is 39.3 Å². The van der Waals surface area contributed by atoms with Crippen molar-refractivity contribution in [1.82, 2.24) is 9.80 Å². The third kappa shape index (κ3) is 9.51. The van der Waals surface area contributed by atoms with Crippen molar-refractivity contribution in [2.45, 2.75) is 34.1 Å². The molecule has 0 radical (unpaired) electrons. The first kappa shape index (κ1) is 16.8. The summed E-state index contributed by atoms with van der Waals surface area (Å²) in [6, 6.07) is 0. The molecule has 0 aliphatic carbocycles. The maximum atomic E-state index is 5.57. The van der Waals surface area contributed by atoms with Gasteiger partial charge < -0.3 is 15.5 Å². The van der Waals surface area contributed by atoms with Crippen molar-refractivity contribution in [3.63, 3.8) is 0 Å². The van der Waals surface area contributed by atoms with Crippen LogP contribution < -0.4 is 5.73 Å². The van der Waals surface area contributed by atoms with Crippen LogP contribution in [-0.4, -0.2) is 54.1 Å². The summed E-state index contributed by atoms with van der Waals surface area (Å²) in [6.45, 7) is 15.6. The number of likely N-dealkylation sites (N-methyl/N-ethyl adjacent to an activating group) is 1. The molecule has 0 rings (SSSR count). The minimum atomic E-state index is 0.626. The Hall–Kier alpha value is -0.190. The van der Waals surface area contributed by atoms with Gasteiger partial charge in [-0.3, -0.25) is 0 Å². The zero-order valence-electron chi connectivity index (χ0n) is 11.9. The van der Waals surface area contributed by atoms with Crippen molar-refractivity contribution < 1.29 is 0 Å². The summed E-state index contributed by atoms with van der Waals surface area (Å²) >= 11 is 4.95. The third-order valence-corrected chi connectivity index (χ3v) is 3.13. The molecule has 4 heteroatoms. The molecule has 0 aliphatic rings. The second kappa shape index (κ2) is 9.80. The highest BCUT2D eigenvalue weighted by atomic mass is 32.1. The topological polar surface area (TPSA) is 32.5 Å². The lowest BCUT2D eigenvalue weighted by molar-refractivity contribution is 0.202. The van der Waals surface area contributed by atoms with E-state index in [1.54, 1.807) is 0 Å². The van der Waals surface area contributed by atoms with Gasteiger partial charge in [-0.1, -0.05) is 39.9 Å². The predicted molar refractivity (Wildman–Crippen MR) is 80.5 cm³/mol. The summed E-state index contributed by atoms with van der Waals surface area (Å²) in [7, 11) is 0. The van der Waals surface area contributed by atoms with Crippen molar-refractivity contribution in [3.05, 3.63) is 0 Å². The summed E-state index contributed by atoms with van der Waals surface area (Å²) in [4.78, 5) is 5.55. The zero-order chi connectivity index (χ0) is 13.3. The minimum Gasteiger partial charge on any atom is -0.393 e. The van der Waals surface area contributed by atoms with Crippen LogP contribution in [-0.2, 0) is 0 Å². The van der Waals surface area contributed by atoms with E-state index in [1.165, 1.54) is 0 Å². The molecular formula is C13H29N3S. The first-order valence-electron chi connectivity index (χ1n) is 6.72. The molecule has 0 fully saturated rings. The van der Waals surface area contributed by atoms with Crippen LogP contribution in [0, 0.1) is 5.92 Å². The largest absolute Gasteiger partial charge is 0.393 e. The quantitative estimate of drug-likeness (QED) is 0.608. The second-order valence-corrected chi connectivity index (χ2v) is 5.46. The fourth-order valence-electron chi connectivity index (χ4n) is 1.90. The second-order valence-electron chi connectivity index (χ2n) is 4.94. The van der Waals surface area contributed by atoms with E-state index in [0.29, 0.717) is 10.9 Å². The smallest absolute Gasteiger partial charge is 0.0740 e. The van der Waals surface area contributed by atoms with E-state index in [1.807, 2.05) is 0 Å². The molecule has 2 N–H and O–H groups in total. The summed E-state index contributed by atoms with van der Waals surface area (Å²) in [5, 5.41) is 0. The van der Waals surface area contributed by atoms with Crippen molar-refractivity contribution in [2.24, 2.45) is 11.7 Å².